The molecule has 0 heterocycles. The molecule has 26 heavy (non-hydrogen) atoms. The molecule has 1 N–H and O–H groups in total. The van der Waals surface area contributed by atoms with Crippen molar-refractivity contribution >= 4 is 17.6 Å². The number of fused-ring (bicyclic) bond motifs is 1. The molecule has 0 spiro atoms. The number of hydrogen-bond donors (Lipinski definition) is 1. The third-order valence-corrected chi connectivity index (χ3v) is 4.44. The van der Waals surface area contributed by atoms with Gasteiger partial charge in [-0.1, -0.05) is 42.5 Å². The highest BCUT2D eigenvalue weighted by molar-refractivity contribution is 5.92. The number of carbonyl (C=O) groups is 1. The molecule has 0 fully saturated rings. The zero-order chi connectivity index (χ0) is 18.7. The number of benzene rings is 2. The Morgan fingerprint density at radius 3 is 2.54 bits per heavy atom. The van der Waals surface area contributed by atoms with Crippen molar-refractivity contribution in [1.82, 2.24) is 5.32 Å². The van der Waals surface area contributed by atoms with Crippen LogP contribution in [-0.2, 0) is 4.79 Å². The highest BCUT2D eigenvalue weighted by Crippen LogP contribution is 2.44. The molecule has 0 radical (unpaired) electrons. The fraction of sp³-hybridized carbons (Fsp3) is 0.250. The molecule has 0 saturated heterocycles. The summed E-state index contributed by atoms with van der Waals surface area (Å²) in [5.41, 5.74) is 4.03. The van der Waals surface area contributed by atoms with E-state index in [0.29, 0.717) is 6.42 Å². The molecule has 3 nitrogen and oxygen atoms in total. The number of rotatable bonds is 5. The van der Waals surface area contributed by atoms with Crippen LogP contribution in [0.2, 0.25) is 0 Å². The molecule has 6 heteroatoms. The standard InChI is InChI=1S/C20H18F3NO2/c1-26-15-7-8-16-14(11-15)12-18(13-5-3-2-4-6-13)17(16)9-10-24-19(25)20(21,22)23/h2-8,11-12,17H,9-10H2,1H3,(H,24,25). The first-order chi connectivity index (χ1) is 12.4. The Balaban J connectivity index is 1.84. The second-order valence-electron chi connectivity index (χ2n) is 6.06. The van der Waals surface area contributed by atoms with Crippen LogP contribution in [0.4, 0.5) is 13.2 Å². The van der Waals surface area contributed by atoms with E-state index in [9.17, 15) is 18.0 Å². The first kappa shape index (κ1) is 18.0. The molecule has 1 aliphatic rings. The van der Waals surface area contributed by atoms with Crippen LogP contribution in [0.3, 0.4) is 0 Å². The van der Waals surface area contributed by atoms with Gasteiger partial charge < -0.3 is 10.1 Å². The van der Waals surface area contributed by atoms with Gasteiger partial charge in [0.05, 0.1) is 7.11 Å². The van der Waals surface area contributed by atoms with Gasteiger partial charge in [0.1, 0.15) is 5.75 Å². The minimum absolute atomic E-state index is 0.0569. The van der Waals surface area contributed by atoms with Crippen LogP contribution in [0.5, 0.6) is 5.75 Å². The van der Waals surface area contributed by atoms with E-state index in [-0.39, 0.29) is 12.5 Å². The Morgan fingerprint density at radius 1 is 1.15 bits per heavy atom. The largest absolute Gasteiger partial charge is 0.497 e. The first-order valence-corrected chi connectivity index (χ1v) is 8.20. The van der Waals surface area contributed by atoms with Gasteiger partial charge in [0.25, 0.3) is 0 Å². The smallest absolute Gasteiger partial charge is 0.471 e. The predicted octanol–water partition coefficient (Wildman–Crippen LogP) is 4.40. The average Bonchev–Trinajstić information content (AvgIpc) is 2.99. The molecular formula is C20H18F3NO2. The maximum absolute atomic E-state index is 12.4. The molecule has 1 aliphatic carbocycles. The van der Waals surface area contributed by atoms with Gasteiger partial charge in [-0.05, 0) is 40.8 Å². The number of carbonyl (C=O) groups excluding carboxylic acids is 1. The van der Waals surface area contributed by atoms with E-state index in [4.69, 9.17) is 4.74 Å². The highest BCUT2D eigenvalue weighted by Gasteiger charge is 2.38. The summed E-state index contributed by atoms with van der Waals surface area (Å²) in [7, 11) is 1.59. The lowest BCUT2D eigenvalue weighted by Crippen LogP contribution is -2.37. The Bertz CT molecular complexity index is 829. The summed E-state index contributed by atoms with van der Waals surface area (Å²) in [6, 6.07) is 15.4. The number of ether oxygens (including phenoxy) is 1. The second-order valence-corrected chi connectivity index (χ2v) is 6.06. The van der Waals surface area contributed by atoms with Crippen molar-refractivity contribution in [2.45, 2.75) is 18.5 Å². The Labute approximate surface area is 149 Å². The van der Waals surface area contributed by atoms with Crippen LogP contribution < -0.4 is 10.1 Å². The summed E-state index contributed by atoms with van der Waals surface area (Å²) in [6.07, 6.45) is -2.45. The van der Waals surface area contributed by atoms with E-state index >= 15 is 0 Å². The molecule has 1 unspecified atom stereocenters. The third kappa shape index (κ3) is 3.74. The number of hydrogen-bond acceptors (Lipinski definition) is 2. The Morgan fingerprint density at radius 2 is 1.88 bits per heavy atom. The van der Waals surface area contributed by atoms with Crippen LogP contribution in [0, 0.1) is 0 Å². The minimum Gasteiger partial charge on any atom is -0.497 e. The molecule has 2 aromatic carbocycles. The van der Waals surface area contributed by atoms with E-state index in [1.54, 1.807) is 7.11 Å². The lowest BCUT2D eigenvalue weighted by molar-refractivity contribution is -0.173. The number of amides is 1. The lowest BCUT2D eigenvalue weighted by Gasteiger charge is -2.18. The van der Waals surface area contributed by atoms with Gasteiger partial charge in [0.15, 0.2) is 0 Å². The Kier molecular flexibility index (Phi) is 5.02. The van der Waals surface area contributed by atoms with Gasteiger partial charge in [0, 0.05) is 12.5 Å². The van der Waals surface area contributed by atoms with Gasteiger partial charge in [-0.15, -0.1) is 0 Å². The predicted molar refractivity (Wildman–Crippen MR) is 93.7 cm³/mol. The Hall–Kier alpha value is -2.76. The van der Waals surface area contributed by atoms with Crippen LogP contribution in [-0.4, -0.2) is 25.7 Å². The van der Waals surface area contributed by atoms with E-state index in [1.165, 1.54) is 0 Å². The average molecular weight is 361 g/mol. The molecule has 0 bridgehead atoms. The van der Waals surface area contributed by atoms with Gasteiger partial charge in [-0.25, -0.2) is 0 Å². The number of methoxy groups -OCH3 is 1. The van der Waals surface area contributed by atoms with Crippen LogP contribution in [0.15, 0.2) is 48.5 Å². The third-order valence-electron chi connectivity index (χ3n) is 4.44. The fourth-order valence-corrected chi connectivity index (χ4v) is 3.21. The topological polar surface area (TPSA) is 38.3 Å². The summed E-state index contributed by atoms with van der Waals surface area (Å²) in [6.45, 7) is -0.0569. The van der Waals surface area contributed by atoms with Crippen LogP contribution in [0.1, 0.15) is 29.0 Å². The SMILES string of the molecule is COc1ccc2c(c1)C=C(c1ccccc1)C2CCNC(=O)C(F)(F)F. The lowest BCUT2D eigenvalue weighted by atomic mass is 9.88. The van der Waals surface area contributed by atoms with Crippen molar-refractivity contribution in [3.05, 3.63) is 65.2 Å². The number of alkyl halides is 3. The molecular weight excluding hydrogens is 343 g/mol. The summed E-state index contributed by atoms with van der Waals surface area (Å²) >= 11 is 0. The van der Waals surface area contributed by atoms with Crippen molar-refractivity contribution in [3.63, 3.8) is 0 Å². The maximum atomic E-state index is 12.4. The monoisotopic (exact) mass is 361 g/mol. The molecule has 1 atom stereocenters. The summed E-state index contributed by atoms with van der Waals surface area (Å²) in [4.78, 5) is 11.1. The van der Waals surface area contributed by atoms with Gasteiger partial charge in [-0.2, -0.15) is 13.2 Å². The van der Waals surface area contributed by atoms with E-state index in [1.807, 2.05) is 59.9 Å². The van der Waals surface area contributed by atoms with Crippen molar-refractivity contribution in [1.29, 1.82) is 0 Å². The minimum atomic E-state index is -4.86. The van der Waals surface area contributed by atoms with E-state index in [2.05, 4.69) is 0 Å². The fourth-order valence-electron chi connectivity index (χ4n) is 3.21. The summed E-state index contributed by atoms with van der Waals surface area (Å²) in [5.74, 6) is -1.28. The van der Waals surface area contributed by atoms with Crippen molar-refractivity contribution in [2.24, 2.45) is 0 Å². The molecule has 0 saturated carbocycles. The van der Waals surface area contributed by atoms with Crippen LogP contribution >= 0.6 is 0 Å². The quantitative estimate of drug-likeness (QED) is 0.857. The molecule has 0 aliphatic heterocycles. The van der Waals surface area contributed by atoms with Gasteiger partial charge in [-0.3, -0.25) is 4.79 Å². The molecule has 0 aromatic heterocycles. The van der Waals surface area contributed by atoms with Gasteiger partial charge >= 0.3 is 12.1 Å². The zero-order valence-electron chi connectivity index (χ0n) is 14.1. The summed E-state index contributed by atoms with van der Waals surface area (Å²) < 4.78 is 42.4. The van der Waals surface area contributed by atoms with Crippen molar-refractivity contribution in [3.8, 4) is 5.75 Å². The second kappa shape index (κ2) is 7.23. The highest BCUT2D eigenvalue weighted by atomic mass is 19.4. The zero-order valence-corrected chi connectivity index (χ0v) is 14.1. The first-order valence-electron chi connectivity index (χ1n) is 8.20. The number of allylic oxidation sites excluding steroid dienone is 1. The molecule has 3 rings (SSSR count). The number of nitrogens with one attached hydrogen (secondary N) is 1. The summed E-state index contributed by atoms with van der Waals surface area (Å²) in [5, 5.41) is 1.96. The van der Waals surface area contributed by atoms with Crippen LogP contribution in [0.25, 0.3) is 11.6 Å². The van der Waals surface area contributed by atoms with E-state index < -0.39 is 12.1 Å². The normalized spacial score (nSPS) is 16.0. The molecule has 2 aromatic rings. The van der Waals surface area contributed by atoms with Crippen molar-refractivity contribution < 1.29 is 22.7 Å². The maximum Gasteiger partial charge on any atom is 0.471 e. The van der Waals surface area contributed by atoms with Gasteiger partial charge in [0.2, 0.25) is 0 Å². The van der Waals surface area contributed by atoms with E-state index in [0.717, 1.165) is 28.0 Å². The molecule has 136 valence electrons. The van der Waals surface area contributed by atoms with Crippen molar-refractivity contribution in [2.75, 3.05) is 13.7 Å². The molecule has 1 amide bonds. The number of halogens is 3.